The second-order valence-electron chi connectivity index (χ2n) is 9.74. The van der Waals surface area contributed by atoms with Crippen LogP contribution in [0.4, 0.5) is 0 Å². The summed E-state index contributed by atoms with van der Waals surface area (Å²) < 4.78 is 0. The van der Waals surface area contributed by atoms with Gasteiger partial charge in [0.15, 0.2) is 0 Å². The molecule has 3 fully saturated rings. The molecule has 4 heteroatoms. The summed E-state index contributed by atoms with van der Waals surface area (Å²) in [6.45, 7) is 1.94. The molecular weight excluding hydrogens is 386 g/mol. The van der Waals surface area contributed by atoms with E-state index in [1.165, 1.54) is 51.4 Å². The quantitative estimate of drug-likeness (QED) is 0.353. The Labute approximate surface area is 184 Å². The van der Waals surface area contributed by atoms with Gasteiger partial charge in [-0.2, -0.15) is 0 Å². The number of carbonyl (C=O) groups excluding carboxylic acids is 2. The van der Waals surface area contributed by atoms with Gasteiger partial charge in [0, 0.05) is 0 Å². The van der Waals surface area contributed by atoms with Crippen molar-refractivity contribution in [1.82, 2.24) is 5.48 Å². The highest BCUT2D eigenvalue weighted by atomic mass is 16.7. The van der Waals surface area contributed by atoms with E-state index in [1.807, 2.05) is 49.4 Å². The molecule has 0 aliphatic heterocycles. The van der Waals surface area contributed by atoms with Crippen LogP contribution < -0.4 is 5.48 Å². The third kappa shape index (κ3) is 3.32. The highest BCUT2D eigenvalue weighted by Gasteiger charge is 2.81. The normalized spacial score (nSPS) is 29.9. The van der Waals surface area contributed by atoms with Gasteiger partial charge in [-0.15, -0.1) is 5.48 Å². The topological polar surface area (TPSA) is 58.2 Å². The van der Waals surface area contributed by atoms with Crippen LogP contribution in [0.15, 0.2) is 54.6 Å². The van der Waals surface area contributed by atoms with E-state index in [1.54, 1.807) is 12.1 Å². The average Bonchev–Trinajstić information content (AvgIpc) is 3.47. The van der Waals surface area contributed by atoms with Gasteiger partial charge in [-0.3, -0.25) is 0 Å². The van der Waals surface area contributed by atoms with Crippen LogP contribution in [-0.2, 0) is 4.84 Å². The van der Waals surface area contributed by atoms with Gasteiger partial charge in [0.2, 0.25) is 4.79 Å². The standard InChI is InChI=1S/C27H31NO3/c1-19(20-9-3-2-4-10-20)28-31-25(30)22-13-11-21(12-14-22)23(29)24-26-15-5-6-16-27(24,26)18-8-7-17-26/h2-4,9-14,19,24,28H,5-8,15-18H2,1H3/q+1/t19-,24?,26?,27?/m0/s1. The first-order chi connectivity index (χ1) is 15.1. The second-order valence-corrected chi connectivity index (χ2v) is 9.74. The van der Waals surface area contributed by atoms with Gasteiger partial charge in [-0.1, -0.05) is 56.0 Å². The highest BCUT2D eigenvalue weighted by molar-refractivity contribution is 6.02. The SMILES string of the molecule is C[C@H](NOC(=O)c1ccc(C(=[O+])C2C34CCCCC23CCCC4)cc1)c1ccccc1. The molecule has 1 atom stereocenters. The van der Waals surface area contributed by atoms with Crippen LogP contribution in [0.3, 0.4) is 0 Å². The van der Waals surface area contributed by atoms with Gasteiger partial charge in [0.1, 0.15) is 5.92 Å². The predicted molar refractivity (Wildman–Crippen MR) is 119 cm³/mol. The van der Waals surface area contributed by atoms with Crippen molar-refractivity contribution in [2.45, 2.75) is 64.3 Å². The molecule has 1 N–H and O–H groups in total. The summed E-state index contributed by atoms with van der Waals surface area (Å²) in [7, 11) is 0. The number of hydrogen-bond donors (Lipinski definition) is 1. The van der Waals surface area contributed by atoms with Gasteiger partial charge in [-0.25, -0.2) is 4.79 Å². The van der Waals surface area contributed by atoms with Gasteiger partial charge in [0.25, 0.3) is 0 Å². The Hall–Kier alpha value is -2.46. The number of carbonyl (C=O) groups is 2. The minimum Gasteiger partial charge on any atom is -0.366 e. The Morgan fingerprint density at radius 1 is 0.903 bits per heavy atom. The Balaban J connectivity index is 1.24. The van der Waals surface area contributed by atoms with E-state index in [4.69, 9.17) is 4.84 Å². The lowest BCUT2D eigenvalue weighted by Crippen LogP contribution is -2.23. The van der Waals surface area contributed by atoms with Crippen LogP contribution in [0.2, 0.25) is 0 Å². The van der Waals surface area contributed by atoms with Crippen molar-refractivity contribution in [3.8, 4) is 0 Å². The molecule has 2 aromatic carbocycles. The molecule has 1 radical (unpaired) electrons. The molecule has 0 unspecified atom stereocenters. The van der Waals surface area contributed by atoms with Gasteiger partial charge >= 0.3 is 11.8 Å². The molecule has 3 saturated carbocycles. The van der Waals surface area contributed by atoms with Gasteiger partial charge in [0.05, 0.1) is 17.2 Å². The first-order valence-corrected chi connectivity index (χ1v) is 11.7. The lowest BCUT2D eigenvalue weighted by molar-refractivity contribution is 0.0169. The van der Waals surface area contributed by atoms with Crippen LogP contribution in [0.5, 0.6) is 0 Å². The third-order valence-electron chi connectivity index (χ3n) is 8.30. The molecule has 5 rings (SSSR count). The predicted octanol–water partition coefficient (Wildman–Crippen LogP) is 6.04. The molecule has 2 aromatic rings. The minimum atomic E-state index is -0.437. The summed E-state index contributed by atoms with van der Waals surface area (Å²) in [4.78, 5) is 31.2. The maximum Gasteiger partial charge on any atom is 0.478 e. The molecule has 0 amide bonds. The average molecular weight is 418 g/mol. The third-order valence-corrected chi connectivity index (χ3v) is 8.30. The van der Waals surface area contributed by atoms with E-state index in [2.05, 4.69) is 5.48 Å². The van der Waals surface area contributed by atoms with Crippen LogP contribution >= 0.6 is 0 Å². The van der Waals surface area contributed by atoms with E-state index in [0.29, 0.717) is 11.3 Å². The number of hydroxylamine groups is 1. The fourth-order valence-corrected chi connectivity index (χ4v) is 6.77. The molecule has 4 nitrogen and oxygen atoms in total. The van der Waals surface area contributed by atoms with E-state index >= 15 is 0 Å². The zero-order valence-corrected chi connectivity index (χ0v) is 18.2. The molecule has 0 bridgehead atoms. The van der Waals surface area contributed by atoms with Crippen molar-refractivity contribution in [2.24, 2.45) is 16.7 Å². The first kappa shape index (κ1) is 20.4. The van der Waals surface area contributed by atoms with Crippen LogP contribution in [0.1, 0.15) is 90.6 Å². The number of rotatable bonds is 6. The van der Waals surface area contributed by atoms with Crippen molar-refractivity contribution in [3.63, 3.8) is 0 Å². The molecule has 3 aliphatic carbocycles. The summed E-state index contributed by atoms with van der Waals surface area (Å²) in [5, 5.41) is 0. The Morgan fingerprint density at radius 3 is 1.97 bits per heavy atom. The molecule has 161 valence electrons. The summed E-state index contributed by atoms with van der Waals surface area (Å²) in [5.41, 5.74) is 5.59. The number of ketones is 1. The maximum absolute atomic E-state index is 13.5. The fourth-order valence-electron chi connectivity index (χ4n) is 6.77. The minimum absolute atomic E-state index is 0.105. The summed E-state index contributed by atoms with van der Waals surface area (Å²) >= 11 is 0. The number of benzene rings is 2. The van der Waals surface area contributed by atoms with Crippen molar-refractivity contribution in [3.05, 3.63) is 71.3 Å². The van der Waals surface area contributed by atoms with Crippen LogP contribution in [0.25, 0.3) is 0 Å². The second kappa shape index (κ2) is 7.90. The monoisotopic (exact) mass is 417 g/mol. The number of nitrogens with one attached hydrogen (secondary N) is 1. The number of hydrogen-bond acceptors (Lipinski definition) is 4. The molecule has 0 spiro atoms. The zero-order valence-electron chi connectivity index (χ0n) is 18.2. The lowest BCUT2D eigenvalue weighted by Gasteiger charge is -2.33. The van der Waals surface area contributed by atoms with E-state index < -0.39 is 5.97 Å². The zero-order chi connectivity index (χ0) is 21.5. The largest absolute Gasteiger partial charge is 0.478 e. The summed E-state index contributed by atoms with van der Waals surface area (Å²) in [5.74, 6) is 0.0449. The van der Waals surface area contributed by atoms with Crippen molar-refractivity contribution < 1.29 is 14.4 Å². The summed E-state index contributed by atoms with van der Waals surface area (Å²) in [6, 6.07) is 16.8. The van der Waals surface area contributed by atoms with Crippen molar-refractivity contribution >= 4 is 11.8 Å². The molecule has 0 saturated heterocycles. The van der Waals surface area contributed by atoms with Crippen molar-refractivity contribution in [1.29, 1.82) is 0 Å². The smallest absolute Gasteiger partial charge is 0.366 e. The molecule has 3 aliphatic rings. The molecule has 0 heterocycles. The fraction of sp³-hybridized carbons (Fsp3) is 0.481. The highest BCUT2D eigenvalue weighted by Crippen LogP contribution is 2.81. The summed E-state index contributed by atoms with van der Waals surface area (Å²) in [6.07, 6.45) is 9.96. The van der Waals surface area contributed by atoms with Crippen molar-refractivity contribution in [2.75, 3.05) is 0 Å². The lowest BCUT2D eigenvalue weighted by atomic mass is 9.71. The first-order valence-electron chi connectivity index (χ1n) is 11.7. The number of Topliss-reactive ketones (excluding diaryl/α,β-unsaturated/α-hetero) is 1. The van der Waals surface area contributed by atoms with E-state index in [0.717, 1.165) is 11.1 Å². The van der Waals surface area contributed by atoms with Gasteiger partial charge < -0.3 is 4.84 Å². The van der Waals surface area contributed by atoms with Gasteiger partial charge in [-0.05, 0) is 73.3 Å². The van der Waals surface area contributed by atoms with Crippen LogP contribution in [-0.4, -0.2) is 11.8 Å². The van der Waals surface area contributed by atoms with E-state index in [-0.39, 0.29) is 22.8 Å². The molecule has 31 heavy (non-hydrogen) atoms. The maximum atomic E-state index is 13.5. The molecule has 0 aromatic heterocycles. The molecular formula is C27H31NO3+. The Bertz CT molecular complexity index is 932. The Morgan fingerprint density at radius 2 is 1.42 bits per heavy atom. The van der Waals surface area contributed by atoms with E-state index in [9.17, 15) is 9.59 Å². The van der Waals surface area contributed by atoms with Crippen LogP contribution in [0, 0.1) is 16.7 Å². The Kier molecular flexibility index (Phi) is 5.21.